The highest BCUT2D eigenvalue weighted by Gasteiger charge is 2.26. The van der Waals surface area contributed by atoms with Gasteiger partial charge in [-0.1, -0.05) is 171 Å². The summed E-state index contributed by atoms with van der Waals surface area (Å²) in [4.78, 5) is 11.5. The number of nitrogens with zero attached hydrogens (tertiary/aromatic N) is 2. The standard InChI is InChI=1S/C66H46N2/c1-5-39-11-17-45-33-49(21-19-43(45)31-39)59-53-27-29-57-63-61(53)65(51-25-23-47(35-55(51)59)41-13-7-37(3)8-14-41)67-58-30-28-54-60(50-22-20-44-32-40(6-2)12-18-46(44)34-50)56-36-48(42-15-9-38(4)10-16-42)24-26-52(56)66(68-57)62(54)64(58)63/h7-36H,5-6H2,1-4H3. The zero-order valence-electron chi connectivity index (χ0n) is 38.6. The summed E-state index contributed by atoms with van der Waals surface area (Å²) in [5.74, 6) is 0. The molecule has 0 saturated carbocycles. The van der Waals surface area contributed by atoms with Crippen LogP contribution in [0, 0.1) is 13.8 Å². The van der Waals surface area contributed by atoms with Gasteiger partial charge in [0.25, 0.3) is 0 Å². The van der Waals surface area contributed by atoms with Crippen LogP contribution in [-0.2, 0) is 12.8 Å². The first-order chi connectivity index (χ1) is 33.4. The van der Waals surface area contributed by atoms with Gasteiger partial charge >= 0.3 is 0 Å². The number of rotatable bonds is 6. The predicted octanol–water partition coefficient (Wildman–Crippen LogP) is 18.1. The van der Waals surface area contributed by atoms with E-state index in [2.05, 4.69) is 210 Å². The molecule has 14 aromatic rings. The Kier molecular flexibility index (Phi) is 8.40. The summed E-state index contributed by atoms with van der Waals surface area (Å²) in [6.07, 6.45) is 2.03. The van der Waals surface area contributed by atoms with E-state index in [1.54, 1.807) is 0 Å². The molecule has 0 spiro atoms. The molecule has 12 aromatic carbocycles. The fourth-order valence-electron chi connectivity index (χ4n) is 11.5. The quantitative estimate of drug-likeness (QED) is 0.123. The van der Waals surface area contributed by atoms with Crippen LogP contribution in [0.2, 0.25) is 0 Å². The van der Waals surface area contributed by atoms with Gasteiger partial charge in [-0.2, -0.15) is 0 Å². The van der Waals surface area contributed by atoms with Crippen LogP contribution in [0.3, 0.4) is 0 Å². The van der Waals surface area contributed by atoms with Crippen molar-refractivity contribution in [2.45, 2.75) is 40.5 Å². The van der Waals surface area contributed by atoms with Crippen molar-refractivity contribution in [1.82, 2.24) is 9.97 Å². The lowest BCUT2D eigenvalue weighted by atomic mass is 9.83. The third kappa shape index (κ3) is 5.77. The SMILES string of the molecule is CCc1ccc2cc(-c3c4cc(-c5ccc(C)cc5)ccc4c4nc5ccc6c(-c7ccc8cc(CC)ccc8c7)c7cc(-c8ccc(C)cc8)ccc7c7nc8ccc3c4c8c5c67)ccc2c1. The summed E-state index contributed by atoms with van der Waals surface area (Å²) in [6.45, 7) is 8.75. The van der Waals surface area contributed by atoms with Crippen molar-refractivity contribution in [1.29, 1.82) is 0 Å². The van der Waals surface area contributed by atoms with Crippen LogP contribution in [-0.4, -0.2) is 9.97 Å². The molecule has 2 heterocycles. The van der Waals surface area contributed by atoms with E-state index in [4.69, 9.17) is 9.97 Å². The molecule has 0 saturated heterocycles. The molecule has 14 rings (SSSR count). The van der Waals surface area contributed by atoms with Gasteiger partial charge < -0.3 is 0 Å². The van der Waals surface area contributed by atoms with Gasteiger partial charge in [-0.15, -0.1) is 0 Å². The highest BCUT2D eigenvalue weighted by molar-refractivity contribution is 6.41. The van der Waals surface area contributed by atoms with Gasteiger partial charge in [0.15, 0.2) is 0 Å². The molecule has 0 aliphatic rings. The Labute approximate surface area is 394 Å². The number of fused-ring (bicyclic) bond motifs is 6. The average molecular weight is 867 g/mol. The van der Waals surface area contributed by atoms with E-state index in [-0.39, 0.29) is 0 Å². The summed E-state index contributed by atoms with van der Waals surface area (Å²) >= 11 is 0. The Hall–Kier alpha value is -8.20. The third-order valence-electron chi connectivity index (χ3n) is 15.2. The molecule has 0 aliphatic heterocycles. The molecule has 2 aromatic heterocycles. The number of hydrogen-bond acceptors (Lipinski definition) is 2. The summed E-state index contributed by atoms with van der Waals surface area (Å²) in [5.41, 5.74) is 18.9. The lowest BCUT2D eigenvalue weighted by Crippen LogP contribution is -1.99. The van der Waals surface area contributed by atoms with E-state index in [0.29, 0.717) is 0 Å². The van der Waals surface area contributed by atoms with Gasteiger partial charge in [0.2, 0.25) is 0 Å². The van der Waals surface area contributed by atoms with E-state index < -0.39 is 0 Å². The molecule has 0 amide bonds. The molecule has 0 bridgehead atoms. The zero-order chi connectivity index (χ0) is 45.4. The van der Waals surface area contributed by atoms with Gasteiger partial charge in [-0.05, 0) is 162 Å². The molecule has 0 unspecified atom stereocenters. The minimum absolute atomic E-state index is 0.996. The van der Waals surface area contributed by atoms with E-state index in [1.807, 2.05) is 0 Å². The monoisotopic (exact) mass is 866 g/mol. The Morgan fingerprint density at radius 3 is 1.09 bits per heavy atom. The van der Waals surface area contributed by atoms with Gasteiger partial charge in [0, 0.05) is 32.3 Å². The van der Waals surface area contributed by atoms with E-state index >= 15 is 0 Å². The van der Waals surface area contributed by atoms with Crippen molar-refractivity contribution in [3.05, 3.63) is 204 Å². The first kappa shape index (κ1) is 39.0. The minimum Gasteiger partial charge on any atom is -0.247 e. The number of aromatic nitrogens is 2. The summed E-state index contributed by atoms with van der Waals surface area (Å²) in [7, 11) is 0. The summed E-state index contributed by atoms with van der Waals surface area (Å²) in [6, 6.07) is 68.9. The molecule has 68 heavy (non-hydrogen) atoms. The van der Waals surface area contributed by atoms with Gasteiger partial charge in [-0.3, -0.25) is 0 Å². The van der Waals surface area contributed by atoms with Crippen molar-refractivity contribution < 1.29 is 0 Å². The summed E-state index contributed by atoms with van der Waals surface area (Å²) < 4.78 is 0. The maximum Gasteiger partial charge on any atom is 0.0801 e. The normalized spacial score (nSPS) is 12.2. The van der Waals surface area contributed by atoms with E-state index in [1.165, 1.54) is 131 Å². The maximum absolute atomic E-state index is 5.75. The second-order valence-electron chi connectivity index (χ2n) is 19.2. The van der Waals surface area contributed by atoms with Gasteiger partial charge in [0.05, 0.1) is 22.1 Å². The summed E-state index contributed by atoms with van der Waals surface area (Å²) in [5, 5.41) is 16.9. The molecule has 320 valence electrons. The first-order valence-corrected chi connectivity index (χ1v) is 24.2. The first-order valence-electron chi connectivity index (χ1n) is 24.2. The van der Waals surface area contributed by atoms with Gasteiger partial charge in [-0.25, -0.2) is 9.97 Å². The molecule has 2 nitrogen and oxygen atoms in total. The molecule has 0 N–H and O–H groups in total. The van der Waals surface area contributed by atoms with Crippen LogP contribution in [0.15, 0.2) is 182 Å². The highest BCUT2D eigenvalue weighted by Crippen LogP contribution is 2.51. The number of hydrogen-bond donors (Lipinski definition) is 0. The second kappa shape index (κ2) is 14.6. The van der Waals surface area contributed by atoms with Crippen LogP contribution in [0.5, 0.6) is 0 Å². The van der Waals surface area contributed by atoms with Crippen LogP contribution < -0.4 is 0 Å². The Morgan fingerprint density at radius 1 is 0.294 bits per heavy atom. The van der Waals surface area contributed by atoms with E-state index in [9.17, 15) is 0 Å². The zero-order valence-corrected chi connectivity index (χ0v) is 38.6. The number of benzene rings is 12. The highest BCUT2D eigenvalue weighted by atomic mass is 14.7. The van der Waals surface area contributed by atoms with Crippen molar-refractivity contribution in [3.8, 4) is 44.5 Å². The molecule has 0 atom stereocenters. The van der Waals surface area contributed by atoms with E-state index in [0.717, 1.165) is 45.7 Å². The molecular weight excluding hydrogens is 821 g/mol. The van der Waals surface area contributed by atoms with Crippen LogP contribution in [0.25, 0.3) is 142 Å². The Balaban J connectivity index is 1.11. The Bertz CT molecular complexity index is 4100. The third-order valence-corrected chi connectivity index (χ3v) is 15.2. The van der Waals surface area contributed by atoms with Crippen molar-refractivity contribution in [3.63, 3.8) is 0 Å². The second-order valence-corrected chi connectivity index (χ2v) is 19.2. The largest absolute Gasteiger partial charge is 0.247 e. The number of aryl methyl sites for hydroxylation is 4. The number of pyridine rings is 2. The molecule has 0 aliphatic carbocycles. The molecule has 2 heteroatoms. The van der Waals surface area contributed by atoms with Crippen LogP contribution >= 0.6 is 0 Å². The molecular formula is C66H46N2. The maximum atomic E-state index is 5.75. The lowest BCUT2D eigenvalue weighted by molar-refractivity contribution is 1.15. The minimum atomic E-state index is 0.996. The fourth-order valence-corrected chi connectivity index (χ4v) is 11.5. The Morgan fingerprint density at radius 2 is 0.662 bits per heavy atom. The fraction of sp³-hybridized carbons (Fsp3) is 0.0909. The average Bonchev–Trinajstić information content (AvgIpc) is 3.38. The van der Waals surface area contributed by atoms with Crippen molar-refractivity contribution >= 4 is 97.5 Å². The topological polar surface area (TPSA) is 25.8 Å². The van der Waals surface area contributed by atoms with Crippen molar-refractivity contribution in [2.24, 2.45) is 0 Å². The predicted molar refractivity (Wildman–Crippen MR) is 292 cm³/mol. The smallest absolute Gasteiger partial charge is 0.0801 e. The van der Waals surface area contributed by atoms with Crippen molar-refractivity contribution in [2.75, 3.05) is 0 Å². The molecule has 0 fully saturated rings. The van der Waals surface area contributed by atoms with Crippen LogP contribution in [0.1, 0.15) is 36.1 Å². The van der Waals surface area contributed by atoms with Gasteiger partial charge in [0.1, 0.15) is 0 Å². The molecule has 0 radical (unpaired) electrons. The van der Waals surface area contributed by atoms with Crippen LogP contribution in [0.4, 0.5) is 0 Å². The lowest BCUT2D eigenvalue weighted by Gasteiger charge is -2.22.